The van der Waals surface area contributed by atoms with E-state index in [2.05, 4.69) is 5.10 Å². The lowest BCUT2D eigenvalue weighted by atomic mass is 10.5. The van der Waals surface area contributed by atoms with Gasteiger partial charge in [-0.15, -0.1) is 11.6 Å². The molecular weight excluding hydrogens is 286 g/mol. The van der Waals surface area contributed by atoms with E-state index in [1.54, 1.807) is 15.2 Å². The third-order valence-electron chi connectivity index (χ3n) is 3.14. The number of hydrogen-bond acceptors (Lipinski definition) is 3. The fraction of sp³-hybridized carbons (Fsp3) is 0.750. The molecule has 1 aliphatic carbocycles. The average molecular weight is 306 g/mol. The van der Waals surface area contributed by atoms with Gasteiger partial charge in [0.25, 0.3) is 0 Å². The number of nitrogens with zero attached hydrogens (tertiary/aromatic N) is 3. The average Bonchev–Trinajstić information content (AvgIpc) is 3.10. The molecule has 19 heavy (non-hydrogen) atoms. The van der Waals surface area contributed by atoms with Crippen LogP contribution in [0.25, 0.3) is 0 Å². The highest BCUT2D eigenvalue weighted by Gasteiger charge is 2.37. The van der Waals surface area contributed by atoms with Crippen LogP contribution in [-0.2, 0) is 16.6 Å². The van der Waals surface area contributed by atoms with Crippen molar-refractivity contribution in [2.45, 2.75) is 50.1 Å². The minimum atomic E-state index is -3.39. The Hall–Kier alpha value is -0.590. The van der Waals surface area contributed by atoms with Crippen molar-refractivity contribution >= 4 is 21.6 Å². The van der Waals surface area contributed by atoms with Gasteiger partial charge in [0.05, 0.1) is 6.20 Å². The predicted molar refractivity (Wildman–Crippen MR) is 74.8 cm³/mol. The summed E-state index contributed by atoms with van der Waals surface area (Å²) in [5.41, 5.74) is 0. The lowest BCUT2D eigenvalue weighted by Crippen LogP contribution is -2.33. The SMILES string of the molecule is CCCN(C1CC1)S(=O)(=O)c1cnn(CCCCl)c1. The van der Waals surface area contributed by atoms with Crippen LogP contribution in [0.5, 0.6) is 0 Å². The first-order valence-electron chi connectivity index (χ1n) is 6.70. The molecule has 0 saturated heterocycles. The second kappa shape index (κ2) is 6.24. The third kappa shape index (κ3) is 3.49. The van der Waals surface area contributed by atoms with E-state index in [0.29, 0.717) is 23.9 Å². The molecule has 1 fully saturated rings. The zero-order valence-corrected chi connectivity index (χ0v) is 12.7. The molecule has 1 saturated carbocycles. The number of aromatic nitrogens is 2. The van der Waals surface area contributed by atoms with Gasteiger partial charge in [-0.2, -0.15) is 9.40 Å². The molecule has 0 radical (unpaired) electrons. The maximum atomic E-state index is 12.5. The monoisotopic (exact) mass is 305 g/mol. The summed E-state index contributed by atoms with van der Waals surface area (Å²) < 4.78 is 28.3. The fourth-order valence-electron chi connectivity index (χ4n) is 2.04. The summed E-state index contributed by atoms with van der Waals surface area (Å²) in [6.07, 6.45) is 6.60. The lowest BCUT2D eigenvalue weighted by molar-refractivity contribution is 0.403. The second-order valence-corrected chi connectivity index (χ2v) is 7.10. The minimum absolute atomic E-state index is 0.191. The maximum Gasteiger partial charge on any atom is 0.246 e. The summed E-state index contributed by atoms with van der Waals surface area (Å²) in [7, 11) is -3.39. The van der Waals surface area contributed by atoms with Crippen molar-refractivity contribution in [1.82, 2.24) is 14.1 Å². The molecule has 108 valence electrons. The Bertz CT molecular complexity index is 511. The Labute approximate surface area is 119 Å². The van der Waals surface area contributed by atoms with Gasteiger partial charge in [0.2, 0.25) is 10.0 Å². The number of aryl methyl sites for hydroxylation is 1. The van der Waals surface area contributed by atoms with Crippen LogP contribution >= 0.6 is 11.6 Å². The largest absolute Gasteiger partial charge is 0.271 e. The summed E-state index contributed by atoms with van der Waals surface area (Å²) in [6.45, 7) is 3.23. The lowest BCUT2D eigenvalue weighted by Gasteiger charge is -2.19. The van der Waals surface area contributed by atoms with E-state index in [1.807, 2.05) is 6.92 Å². The zero-order valence-electron chi connectivity index (χ0n) is 11.1. The van der Waals surface area contributed by atoms with E-state index in [9.17, 15) is 8.42 Å². The van der Waals surface area contributed by atoms with E-state index in [0.717, 1.165) is 25.7 Å². The number of halogens is 1. The number of rotatable bonds is 8. The zero-order chi connectivity index (χ0) is 13.9. The van der Waals surface area contributed by atoms with Crippen LogP contribution in [0, 0.1) is 0 Å². The summed E-state index contributed by atoms with van der Waals surface area (Å²) >= 11 is 5.62. The Morgan fingerprint density at radius 3 is 2.84 bits per heavy atom. The van der Waals surface area contributed by atoms with Crippen LogP contribution in [0.1, 0.15) is 32.6 Å². The molecule has 2 rings (SSSR count). The van der Waals surface area contributed by atoms with Gasteiger partial charge in [-0.05, 0) is 25.7 Å². The first-order valence-corrected chi connectivity index (χ1v) is 8.67. The van der Waals surface area contributed by atoms with Gasteiger partial charge in [0.15, 0.2) is 0 Å². The van der Waals surface area contributed by atoms with Crippen LogP contribution in [0.4, 0.5) is 0 Å². The first kappa shape index (κ1) is 14.8. The Morgan fingerprint density at radius 1 is 1.53 bits per heavy atom. The molecule has 0 N–H and O–H groups in total. The molecule has 0 bridgehead atoms. The highest BCUT2D eigenvalue weighted by Crippen LogP contribution is 2.31. The molecular formula is C12H20ClN3O2S. The summed E-state index contributed by atoms with van der Waals surface area (Å²) in [5.74, 6) is 0.548. The second-order valence-electron chi connectivity index (χ2n) is 4.83. The van der Waals surface area contributed by atoms with Gasteiger partial charge in [-0.1, -0.05) is 6.92 Å². The van der Waals surface area contributed by atoms with Crippen molar-refractivity contribution in [3.05, 3.63) is 12.4 Å². The van der Waals surface area contributed by atoms with Gasteiger partial charge in [0.1, 0.15) is 4.90 Å². The Morgan fingerprint density at radius 2 is 2.26 bits per heavy atom. The van der Waals surface area contributed by atoms with E-state index in [1.165, 1.54) is 6.20 Å². The normalized spacial score (nSPS) is 16.2. The summed E-state index contributed by atoms with van der Waals surface area (Å²) in [5, 5.41) is 4.09. The summed E-state index contributed by atoms with van der Waals surface area (Å²) in [6, 6.07) is 0.191. The molecule has 0 unspecified atom stereocenters. The molecule has 1 aliphatic rings. The highest BCUT2D eigenvalue weighted by atomic mass is 35.5. The number of alkyl halides is 1. The van der Waals surface area contributed by atoms with Gasteiger partial charge in [-0.25, -0.2) is 8.42 Å². The van der Waals surface area contributed by atoms with Crippen molar-refractivity contribution in [1.29, 1.82) is 0 Å². The summed E-state index contributed by atoms with van der Waals surface area (Å²) in [4.78, 5) is 0.294. The molecule has 0 aliphatic heterocycles. The van der Waals surface area contributed by atoms with Gasteiger partial charge < -0.3 is 0 Å². The Kier molecular flexibility index (Phi) is 4.86. The number of hydrogen-bond donors (Lipinski definition) is 0. The smallest absolute Gasteiger partial charge is 0.246 e. The van der Waals surface area contributed by atoms with Crippen molar-refractivity contribution < 1.29 is 8.42 Å². The van der Waals surface area contributed by atoms with Crippen LogP contribution in [0.15, 0.2) is 17.3 Å². The van der Waals surface area contributed by atoms with E-state index >= 15 is 0 Å². The van der Waals surface area contributed by atoms with Gasteiger partial charge in [-0.3, -0.25) is 4.68 Å². The topological polar surface area (TPSA) is 55.2 Å². The van der Waals surface area contributed by atoms with E-state index < -0.39 is 10.0 Å². The highest BCUT2D eigenvalue weighted by molar-refractivity contribution is 7.89. The van der Waals surface area contributed by atoms with Crippen LogP contribution in [-0.4, -0.2) is 41.0 Å². The predicted octanol–water partition coefficient (Wildman–Crippen LogP) is 2.08. The Balaban J connectivity index is 2.15. The van der Waals surface area contributed by atoms with Gasteiger partial charge in [0, 0.05) is 31.2 Å². The molecule has 5 nitrogen and oxygen atoms in total. The number of sulfonamides is 1. The van der Waals surface area contributed by atoms with Gasteiger partial charge >= 0.3 is 0 Å². The molecule has 0 amide bonds. The first-order chi connectivity index (χ1) is 9.09. The maximum absolute atomic E-state index is 12.5. The molecule has 0 aromatic carbocycles. The van der Waals surface area contributed by atoms with Crippen molar-refractivity contribution in [2.24, 2.45) is 0 Å². The van der Waals surface area contributed by atoms with Crippen molar-refractivity contribution in [3.63, 3.8) is 0 Å². The quantitative estimate of drug-likeness (QED) is 0.691. The van der Waals surface area contributed by atoms with Crippen molar-refractivity contribution in [2.75, 3.05) is 12.4 Å². The van der Waals surface area contributed by atoms with Crippen LogP contribution in [0.3, 0.4) is 0 Å². The van der Waals surface area contributed by atoms with E-state index in [4.69, 9.17) is 11.6 Å². The van der Waals surface area contributed by atoms with Crippen LogP contribution in [0.2, 0.25) is 0 Å². The van der Waals surface area contributed by atoms with E-state index in [-0.39, 0.29) is 6.04 Å². The molecule has 1 aromatic heterocycles. The van der Waals surface area contributed by atoms with Crippen LogP contribution < -0.4 is 0 Å². The molecule has 1 heterocycles. The minimum Gasteiger partial charge on any atom is -0.271 e. The molecule has 0 atom stereocenters. The fourth-order valence-corrected chi connectivity index (χ4v) is 3.89. The molecule has 1 aromatic rings. The standard InChI is InChI=1S/C12H20ClN3O2S/c1-2-7-16(11-4-5-11)19(17,18)12-9-14-15(10-12)8-3-6-13/h9-11H,2-8H2,1H3. The molecule has 0 spiro atoms. The molecule has 7 heteroatoms. The van der Waals surface area contributed by atoms with Crippen molar-refractivity contribution in [3.8, 4) is 0 Å². The third-order valence-corrected chi connectivity index (χ3v) is 5.31.